The molecule has 0 saturated heterocycles. The third-order valence-electron chi connectivity index (χ3n) is 4.61. The van der Waals surface area contributed by atoms with E-state index in [1.54, 1.807) is 11.8 Å². The Morgan fingerprint density at radius 1 is 0.893 bits per heavy atom. The number of aryl methyl sites for hydroxylation is 2. The number of nitrogens with zero attached hydrogens (tertiary/aromatic N) is 3. The quantitative estimate of drug-likeness (QED) is 0.355. The number of aromatic nitrogens is 3. The molecule has 0 saturated carbocycles. The van der Waals surface area contributed by atoms with Gasteiger partial charge in [0.1, 0.15) is 0 Å². The molecule has 3 aromatic carbocycles. The Balaban J connectivity index is 1.73. The molecule has 0 spiro atoms. The Labute approximate surface area is 174 Å². The first-order valence-corrected chi connectivity index (χ1v) is 10.4. The highest BCUT2D eigenvalue weighted by Gasteiger charge is 2.16. The van der Waals surface area contributed by atoms with E-state index in [1.807, 2.05) is 42.5 Å². The van der Waals surface area contributed by atoms with Gasteiger partial charge >= 0.3 is 0 Å². The maximum atomic E-state index is 6.06. The Bertz CT molecular complexity index is 1090. The molecule has 0 amide bonds. The third-order valence-corrected chi connectivity index (χ3v) is 5.84. The normalized spacial score (nSPS) is 11.0. The number of benzene rings is 3. The number of hydrogen-bond acceptors (Lipinski definition) is 3. The molecule has 5 heteroatoms. The van der Waals surface area contributed by atoms with Crippen molar-refractivity contribution in [1.29, 1.82) is 0 Å². The lowest BCUT2D eigenvalue weighted by molar-refractivity contribution is 0.886. The molecule has 0 bridgehead atoms. The van der Waals surface area contributed by atoms with E-state index in [0.29, 0.717) is 5.02 Å². The van der Waals surface area contributed by atoms with Crippen LogP contribution in [-0.4, -0.2) is 14.8 Å². The molecule has 4 rings (SSSR count). The van der Waals surface area contributed by atoms with Crippen LogP contribution in [0.2, 0.25) is 5.02 Å². The molecule has 0 radical (unpaired) electrons. The van der Waals surface area contributed by atoms with E-state index in [0.717, 1.165) is 28.0 Å². The summed E-state index contributed by atoms with van der Waals surface area (Å²) < 4.78 is 2.11. The van der Waals surface area contributed by atoms with E-state index in [9.17, 15) is 0 Å². The molecule has 1 aromatic heterocycles. The molecule has 0 aliphatic carbocycles. The fraction of sp³-hybridized carbons (Fsp3) is 0.130. The highest BCUT2D eigenvalue weighted by molar-refractivity contribution is 7.98. The third kappa shape index (κ3) is 3.98. The molecule has 0 atom stereocenters. The van der Waals surface area contributed by atoms with Crippen LogP contribution in [-0.2, 0) is 5.75 Å². The molecule has 1 heterocycles. The van der Waals surface area contributed by atoms with Crippen molar-refractivity contribution >= 4 is 23.4 Å². The Morgan fingerprint density at radius 3 is 2.39 bits per heavy atom. The van der Waals surface area contributed by atoms with Crippen molar-refractivity contribution in [2.75, 3.05) is 0 Å². The average Bonchev–Trinajstić information content (AvgIpc) is 3.14. The van der Waals surface area contributed by atoms with Crippen molar-refractivity contribution in [3.8, 4) is 17.1 Å². The summed E-state index contributed by atoms with van der Waals surface area (Å²) >= 11 is 7.76. The van der Waals surface area contributed by atoms with Gasteiger partial charge in [0.15, 0.2) is 11.0 Å². The van der Waals surface area contributed by atoms with Gasteiger partial charge in [0.2, 0.25) is 0 Å². The number of halogens is 1. The minimum Gasteiger partial charge on any atom is -0.270 e. The fourth-order valence-electron chi connectivity index (χ4n) is 3.06. The molecule has 3 nitrogen and oxygen atoms in total. The van der Waals surface area contributed by atoms with Crippen molar-refractivity contribution in [3.63, 3.8) is 0 Å². The van der Waals surface area contributed by atoms with Crippen LogP contribution >= 0.6 is 23.4 Å². The van der Waals surface area contributed by atoms with Gasteiger partial charge in [-0.2, -0.15) is 0 Å². The Kier molecular flexibility index (Phi) is 5.51. The lowest BCUT2D eigenvalue weighted by Gasteiger charge is -2.11. The smallest absolute Gasteiger partial charge is 0.196 e. The lowest BCUT2D eigenvalue weighted by Crippen LogP contribution is -2.00. The van der Waals surface area contributed by atoms with Crippen molar-refractivity contribution < 1.29 is 0 Å². The molecule has 0 fully saturated rings. The molecule has 28 heavy (non-hydrogen) atoms. The zero-order chi connectivity index (χ0) is 19.5. The van der Waals surface area contributed by atoms with Crippen molar-refractivity contribution in [2.24, 2.45) is 0 Å². The van der Waals surface area contributed by atoms with E-state index in [4.69, 9.17) is 11.6 Å². The Morgan fingerprint density at radius 2 is 1.64 bits per heavy atom. The molecule has 0 N–H and O–H groups in total. The van der Waals surface area contributed by atoms with Crippen LogP contribution in [0.4, 0.5) is 0 Å². The van der Waals surface area contributed by atoms with Gasteiger partial charge in [-0.3, -0.25) is 4.57 Å². The Hall–Kier alpha value is -2.56. The minimum atomic E-state index is 0.707. The summed E-state index contributed by atoms with van der Waals surface area (Å²) in [6.07, 6.45) is 0. The molecule has 4 aromatic rings. The first-order chi connectivity index (χ1) is 13.6. The average molecular weight is 406 g/mol. The van der Waals surface area contributed by atoms with Gasteiger partial charge in [0.05, 0.1) is 0 Å². The molecule has 0 unspecified atom stereocenters. The molecule has 0 aliphatic rings. The molecular weight excluding hydrogens is 386 g/mol. The van der Waals surface area contributed by atoms with Crippen molar-refractivity contribution in [3.05, 3.63) is 94.5 Å². The van der Waals surface area contributed by atoms with Gasteiger partial charge in [-0.05, 0) is 61.4 Å². The monoisotopic (exact) mass is 405 g/mol. The van der Waals surface area contributed by atoms with Gasteiger partial charge in [-0.1, -0.05) is 65.3 Å². The van der Waals surface area contributed by atoms with Crippen LogP contribution in [0.1, 0.15) is 16.7 Å². The number of rotatable bonds is 5. The molecule has 0 aliphatic heterocycles. The highest BCUT2D eigenvalue weighted by atomic mass is 35.5. The van der Waals surface area contributed by atoms with Crippen LogP contribution in [0, 0.1) is 13.8 Å². The maximum Gasteiger partial charge on any atom is 0.196 e. The zero-order valence-corrected chi connectivity index (χ0v) is 17.3. The highest BCUT2D eigenvalue weighted by Crippen LogP contribution is 2.31. The summed E-state index contributed by atoms with van der Waals surface area (Å²) in [5.41, 5.74) is 5.91. The van der Waals surface area contributed by atoms with Gasteiger partial charge in [-0.25, -0.2) is 0 Å². The van der Waals surface area contributed by atoms with Crippen LogP contribution in [0.5, 0.6) is 0 Å². The van der Waals surface area contributed by atoms with E-state index in [1.165, 1.54) is 16.7 Å². The van der Waals surface area contributed by atoms with Gasteiger partial charge in [-0.15, -0.1) is 10.2 Å². The predicted octanol–water partition coefficient (Wildman–Crippen LogP) is 6.50. The van der Waals surface area contributed by atoms with E-state index >= 15 is 0 Å². The second kappa shape index (κ2) is 8.21. The van der Waals surface area contributed by atoms with Crippen LogP contribution < -0.4 is 0 Å². The predicted molar refractivity (Wildman–Crippen MR) is 117 cm³/mol. The molecule has 140 valence electrons. The summed E-state index contributed by atoms with van der Waals surface area (Å²) in [6.45, 7) is 4.27. The summed E-state index contributed by atoms with van der Waals surface area (Å²) in [5, 5.41) is 10.6. The van der Waals surface area contributed by atoms with Crippen LogP contribution in [0.3, 0.4) is 0 Å². The summed E-state index contributed by atoms with van der Waals surface area (Å²) in [6, 6.07) is 24.5. The first kappa shape index (κ1) is 18.8. The second-order valence-corrected chi connectivity index (χ2v) is 8.08. The van der Waals surface area contributed by atoms with E-state index in [-0.39, 0.29) is 0 Å². The van der Waals surface area contributed by atoms with Crippen molar-refractivity contribution in [2.45, 2.75) is 24.8 Å². The summed E-state index contributed by atoms with van der Waals surface area (Å²) in [7, 11) is 0. The zero-order valence-electron chi connectivity index (χ0n) is 15.8. The molecular formula is C23H20ClN3S. The number of thioether (sulfide) groups is 1. The van der Waals surface area contributed by atoms with Gasteiger partial charge in [0, 0.05) is 22.0 Å². The summed E-state index contributed by atoms with van der Waals surface area (Å²) in [5.74, 6) is 1.66. The van der Waals surface area contributed by atoms with Crippen molar-refractivity contribution in [1.82, 2.24) is 14.8 Å². The van der Waals surface area contributed by atoms with Gasteiger partial charge in [0.25, 0.3) is 0 Å². The largest absolute Gasteiger partial charge is 0.270 e. The topological polar surface area (TPSA) is 30.7 Å². The summed E-state index contributed by atoms with van der Waals surface area (Å²) in [4.78, 5) is 0. The maximum absolute atomic E-state index is 6.06. The van der Waals surface area contributed by atoms with Crippen LogP contribution in [0.15, 0.2) is 78.0 Å². The van der Waals surface area contributed by atoms with E-state index in [2.05, 4.69) is 58.9 Å². The second-order valence-electron chi connectivity index (χ2n) is 6.70. The fourth-order valence-corrected chi connectivity index (χ4v) is 4.20. The number of para-hydroxylation sites is 1. The number of hydrogen-bond donors (Lipinski definition) is 0. The van der Waals surface area contributed by atoms with Gasteiger partial charge < -0.3 is 0 Å². The van der Waals surface area contributed by atoms with E-state index < -0.39 is 0 Å². The van der Waals surface area contributed by atoms with Crippen LogP contribution in [0.25, 0.3) is 17.1 Å². The first-order valence-electron chi connectivity index (χ1n) is 9.07. The minimum absolute atomic E-state index is 0.707. The standard InChI is InChI=1S/C23H20ClN3S/c1-16-8-9-17(2)19(14-16)15-28-23-26-25-22(18-10-12-20(24)13-11-18)27(23)21-6-4-3-5-7-21/h3-14H,15H2,1-2H3. The SMILES string of the molecule is Cc1ccc(C)c(CSc2nnc(-c3ccc(Cl)cc3)n2-c2ccccc2)c1. The lowest BCUT2D eigenvalue weighted by atomic mass is 10.1.